The molecule has 0 radical (unpaired) electrons. The third-order valence-electron chi connectivity index (χ3n) is 2.83. The Balaban J connectivity index is 2.24. The molecule has 2 rings (SSSR count). The third kappa shape index (κ3) is 2.73. The van der Waals surface area contributed by atoms with Gasteiger partial charge in [-0.25, -0.2) is 4.98 Å². The number of hydrogen-bond donors (Lipinski definition) is 1. The van der Waals surface area contributed by atoms with Crippen molar-refractivity contribution >= 4 is 11.3 Å². The van der Waals surface area contributed by atoms with E-state index in [1.54, 1.807) is 11.3 Å². The zero-order valence-electron chi connectivity index (χ0n) is 10.5. The Hall–Kier alpha value is -1.20. The van der Waals surface area contributed by atoms with Crippen molar-refractivity contribution in [3.8, 4) is 0 Å². The first kappa shape index (κ1) is 12.3. The van der Waals surface area contributed by atoms with E-state index in [9.17, 15) is 0 Å². The van der Waals surface area contributed by atoms with Gasteiger partial charge in [0, 0.05) is 23.3 Å². The van der Waals surface area contributed by atoms with Gasteiger partial charge in [-0.15, -0.1) is 11.3 Å². The Morgan fingerprint density at radius 2 is 2.24 bits per heavy atom. The molecule has 0 aliphatic carbocycles. The molecule has 0 amide bonds. The molecule has 2 aromatic rings. The van der Waals surface area contributed by atoms with Crippen molar-refractivity contribution in [3.63, 3.8) is 0 Å². The van der Waals surface area contributed by atoms with Crippen molar-refractivity contribution in [3.05, 3.63) is 33.5 Å². The SMILES string of the molecule is Cc1nn(Cc2nccs2)c(C)c1CC(C)N. The molecule has 92 valence electrons. The summed E-state index contributed by atoms with van der Waals surface area (Å²) in [6.45, 7) is 6.93. The maximum atomic E-state index is 5.86. The van der Waals surface area contributed by atoms with E-state index in [-0.39, 0.29) is 6.04 Å². The molecule has 5 heteroatoms. The highest BCUT2D eigenvalue weighted by Gasteiger charge is 2.13. The van der Waals surface area contributed by atoms with Crippen LogP contribution in [0.5, 0.6) is 0 Å². The topological polar surface area (TPSA) is 56.7 Å². The summed E-state index contributed by atoms with van der Waals surface area (Å²) in [4.78, 5) is 4.29. The standard InChI is InChI=1S/C12H18N4S/c1-8(13)6-11-9(2)15-16(10(11)3)7-12-14-4-5-17-12/h4-5,8H,6-7,13H2,1-3H3. The predicted molar refractivity (Wildman–Crippen MR) is 70.3 cm³/mol. The molecule has 1 unspecified atom stereocenters. The van der Waals surface area contributed by atoms with Crippen LogP contribution in [0.4, 0.5) is 0 Å². The van der Waals surface area contributed by atoms with Crippen LogP contribution in [0.2, 0.25) is 0 Å². The van der Waals surface area contributed by atoms with Gasteiger partial charge < -0.3 is 5.73 Å². The van der Waals surface area contributed by atoms with E-state index >= 15 is 0 Å². The molecule has 2 N–H and O–H groups in total. The lowest BCUT2D eigenvalue weighted by Crippen LogP contribution is -2.18. The fourth-order valence-corrected chi connectivity index (χ4v) is 2.56. The first-order valence-electron chi connectivity index (χ1n) is 5.74. The van der Waals surface area contributed by atoms with Crippen molar-refractivity contribution < 1.29 is 0 Å². The largest absolute Gasteiger partial charge is 0.328 e. The Kier molecular flexibility index (Phi) is 3.59. The van der Waals surface area contributed by atoms with Gasteiger partial charge in [0.05, 0.1) is 12.2 Å². The van der Waals surface area contributed by atoms with E-state index in [1.165, 1.54) is 11.3 Å². The second-order valence-electron chi connectivity index (χ2n) is 4.41. The molecule has 2 aromatic heterocycles. The molecule has 2 heterocycles. The van der Waals surface area contributed by atoms with E-state index in [4.69, 9.17) is 5.73 Å². The fraction of sp³-hybridized carbons (Fsp3) is 0.500. The predicted octanol–water partition coefficient (Wildman–Crippen LogP) is 1.89. The third-order valence-corrected chi connectivity index (χ3v) is 3.59. The summed E-state index contributed by atoms with van der Waals surface area (Å²) in [5.74, 6) is 0. The Bertz CT molecular complexity index is 485. The number of aryl methyl sites for hydroxylation is 1. The summed E-state index contributed by atoms with van der Waals surface area (Å²) in [7, 11) is 0. The van der Waals surface area contributed by atoms with Crippen LogP contribution < -0.4 is 5.73 Å². The Morgan fingerprint density at radius 3 is 2.82 bits per heavy atom. The monoisotopic (exact) mass is 250 g/mol. The zero-order chi connectivity index (χ0) is 12.4. The average Bonchev–Trinajstić information content (AvgIpc) is 2.83. The van der Waals surface area contributed by atoms with Gasteiger partial charge in [-0.3, -0.25) is 4.68 Å². The number of aromatic nitrogens is 3. The molecule has 1 atom stereocenters. The number of nitrogens with zero attached hydrogens (tertiary/aromatic N) is 3. The van der Waals surface area contributed by atoms with Gasteiger partial charge in [-0.05, 0) is 32.8 Å². The van der Waals surface area contributed by atoms with Crippen molar-refractivity contribution in [2.75, 3.05) is 0 Å². The van der Waals surface area contributed by atoms with Crippen molar-refractivity contribution in [1.29, 1.82) is 0 Å². The molecule has 0 aliphatic heterocycles. The first-order valence-corrected chi connectivity index (χ1v) is 6.62. The minimum absolute atomic E-state index is 0.171. The van der Waals surface area contributed by atoms with Crippen LogP contribution in [0.15, 0.2) is 11.6 Å². The molecule has 0 saturated carbocycles. The number of thiazole rings is 1. The summed E-state index contributed by atoms with van der Waals surface area (Å²) >= 11 is 1.66. The highest BCUT2D eigenvalue weighted by molar-refractivity contribution is 7.09. The highest BCUT2D eigenvalue weighted by Crippen LogP contribution is 2.16. The van der Waals surface area contributed by atoms with Crippen molar-refractivity contribution in [2.24, 2.45) is 5.73 Å². The van der Waals surface area contributed by atoms with Crippen LogP contribution in [-0.2, 0) is 13.0 Å². The smallest absolute Gasteiger partial charge is 0.114 e. The normalized spacial score (nSPS) is 12.9. The fourth-order valence-electron chi connectivity index (χ4n) is 1.96. The van der Waals surface area contributed by atoms with Gasteiger partial charge in [0.25, 0.3) is 0 Å². The lowest BCUT2D eigenvalue weighted by molar-refractivity contribution is 0.653. The van der Waals surface area contributed by atoms with E-state index < -0.39 is 0 Å². The highest BCUT2D eigenvalue weighted by atomic mass is 32.1. The Morgan fingerprint density at radius 1 is 1.47 bits per heavy atom. The van der Waals surface area contributed by atoms with E-state index in [1.807, 2.05) is 30.1 Å². The number of rotatable bonds is 4. The molecular weight excluding hydrogens is 232 g/mol. The molecule has 0 aromatic carbocycles. The van der Waals surface area contributed by atoms with Crippen LogP contribution in [0.25, 0.3) is 0 Å². The van der Waals surface area contributed by atoms with Gasteiger partial charge in [0.2, 0.25) is 0 Å². The Labute approximate surface area is 105 Å². The summed E-state index contributed by atoms with van der Waals surface area (Å²) in [5, 5.41) is 7.64. The number of nitrogens with two attached hydrogens (primary N) is 1. The van der Waals surface area contributed by atoms with Crippen LogP contribution >= 0.6 is 11.3 Å². The summed E-state index contributed by atoms with van der Waals surface area (Å²) in [6, 6.07) is 0.171. The quantitative estimate of drug-likeness (QED) is 0.901. The van der Waals surface area contributed by atoms with E-state index in [0.717, 1.165) is 23.7 Å². The molecule has 4 nitrogen and oxygen atoms in total. The van der Waals surface area contributed by atoms with Gasteiger partial charge in [0.15, 0.2) is 0 Å². The summed E-state index contributed by atoms with van der Waals surface area (Å²) in [6.07, 6.45) is 2.71. The maximum Gasteiger partial charge on any atom is 0.114 e. The zero-order valence-corrected chi connectivity index (χ0v) is 11.3. The van der Waals surface area contributed by atoms with Gasteiger partial charge in [0.1, 0.15) is 5.01 Å². The van der Waals surface area contributed by atoms with E-state index in [2.05, 4.69) is 17.0 Å². The lowest BCUT2D eigenvalue weighted by Gasteiger charge is -2.06. The summed E-state index contributed by atoms with van der Waals surface area (Å²) < 4.78 is 2.02. The van der Waals surface area contributed by atoms with Crippen LogP contribution in [-0.4, -0.2) is 20.8 Å². The second kappa shape index (κ2) is 4.98. The molecular formula is C12H18N4S. The van der Waals surface area contributed by atoms with Crippen LogP contribution in [0.1, 0.15) is 28.9 Å². The molecule has 0 bridgehead atoms. The minimum atomic E-state index is 0.171. The second-order valence-corrected chi connectivity index (χ2v) is 5.39. The molecule has 0 saturated heterocycles. The molecule has 17 heavy (non-hydrogen) atoms. The molecule has 0 spiro atoms. The van der Waals surface area contributed by atoms with Crippen LogP contribution in [0, 0.1) is 13.8 Å². The first-order chi connectivity index (χ1) is 8.08. The summed E-state index contributed by atoms with van der Waals surface area (Å²) in [5.41, 5.74) is 9.42. The molecule has 0 aliphatic rings. The number of hydrogen-bond acceptors (Lipinski definition) is 4. The van der Waals surface area contributed by atoms with Gasteiger partial charge >= 0.3 is 0 Å². The van der Waals surface area contributed by atoms with E-state index in [0.29, 0.717) is 0 Å². The van der Waals surface area contributed by atoms with Crippen molar-refractivity contribution in [1.82, 2.24) is 14.8 Å². The van der Waals surface area contributed by atoms with Crippen LogP contribution in [0.3, 0.4) is 0 Å². The van der Waals surface area contributed by atoms with Gasteiger partial charge in [-0.2, -0.15) is 5.10 Å². The maximum absolute atomic E-state index is 5.86. The minimum Gasteiger partial charge on any atom is -0.328 e. The molecule has 0 fully saturated rings. The average molecular weight is 250 g/mol. The van der Waals surface area contributed by atoms with Crippen molar-refractivity contribution in [2.45, 2.75) is 39.8 Å². The lowest BCUT2D eigenvalue weighted by atomic mass is 10.1. The van der Waals surface area contributed by atoms with Gasteiger partial charge in [-0.1, -0.05) is 0 Å².